The third-order valence-electron chi connectivity index (χ3n) is 11.5. The van der Waals surface area contributed by atoms with Crippen molar-refractivity contribution >= 4 is 60.0 Å². The third-order valence-corrected chi connectivity index (χ3v) is 11.5. The fraction of sp³-hybridized carbons (Fsp3) is 0. The quantitative estimate of drug-likeness (QED) is 0.165. The lowest BCUT2D eigenvalue weighted by atomic mass is 9.98. The minimum absolute atomic E-state index is 0.785. The molecule has 0 fully saturated rings. The number of pyridine rings is 1. The van der Waals surface area contributed by atoms with E-state index in [9.17, 15) is 0 Å². The van der Waals surface area contributed by atoms with Crippen LogP contribution in [0.5, 0.6) is 0 Å². The summed E-state index contributed by atoms with van der Waals surface area (Å²) in [7, 11) is 0. The molecule has 0 amide bonds. The summed E-state index contributed by atoms with van der Waals surface area (Å²) < 4.78 is 4.76. The van der Waals surface area contributed by atoms with Gasteiger partial charge in [-0.05, 0) is 35.4 Å². The van der Waals surface area contributed by atoms with Gasteiger partial charge in [0.25, 0.3) is 0 Å². The van der Waals surface area contributed by atoms with Gasteiger partial charge in [-0.15, -0.1) is 0 Å². The smallest absolute Gasteiger partial charge is 0.165 e. The number of fused-ring (bicyclic) bond motifs is 11. The molecule has 0 saturated heterocycles. The first-order valence-corrected chi connectivity index (χ1v) is 19.6. The maximum absolute atomic E-state index is 5.54. The van der Waals surface area contributed by atoms with E-state index >= 15 is 0 Å². The van der Waals surface area contributed by atoms with Gasteiger partial charge in [0.1, 0.15) is 11.5 Å². The second kappa shape index (κ2) is 12.8. The molecule has 8 aromatic carbocycles. The number of hydrogen-bond acceptors (Lipinski definition) is 3. The predicted molar refractivity (Wildman–Crippen MR) is 239 cm³/mol. The number of hydrogen-bond donors (Lipinski definition) is 0. The second-order valence-corrected chi connectivity index (χ2v) is 14.8. The summed E-state index contributed by atoms with van der Waals surface area (Å²) in [5, 5.41) is 5.68. The molecule has 4 aromatic heterocycles. The van der Waals surface area contributed by atoms with E-state index in [-0.39, 0.29) is 0 Å². The Kier molecular flexibility index (Phi) is 7.16. The number of aromatic nitrogens is 5. The lowest BCUT2D eigenvalue weighted by Crippen LogP contribution is -2.04. The van der Waals surface area contributed by atoms with Crippen LogP contribution in [-0.2, 0) is 0 Å². The van der Waals surface area contributed by atoms with Crippen LogP contribution in [-0.4, -0.2) is 23.9 Å². The summed E-state index contributed by atoms with van der Waals surface area (Å²) in [6.45, 7) is 0. The summed E-state index contributed by atoms with van der Waals surface area (Å²) in [5.74, 6) is 1.70. The zero-order valence-electron chi connectivity index (χ0n) is 31.3. The average molecular weight is 740 g/mol. The van der Waals surface area contributed by atoms with E-state index in [1.165, 1.54) is 0 Å². The minimum Gasteiger partial charge on any atom is -0.291 e. The topological polar surface area (TPSA) is 48.0 Å². The molecule has 0 spiro atoms. The number of nitrogens with zero attached hydrogens (tertiary/aromatic N) is 5. The van der Waals surface area contributed by atoms with E-state index in [0.717, 1.165) is 111 Å². The van der Waals surface area contributed by atoms with Crippen molar-refractivity contribution in [3.63, 3.8) is 0 Å². The Bertz CT molecular complexity index is 3540. The van der Waals surface area contributed by atoms with Crippen molar-refractivity contribution in [1.29, 1.82) is 0 Å². The van der Waals surface area contributed by atoms with Crippen LogP contribution in [0.2, 0.25) is 0 Å². The number of rotatable bonds is 5. The van der Waals surface area contributed by atoms with Gasteiger partial charge in [-0.1, -0.05) is 176 Å². The van der Waals surface area contributed by atoms with Crippen molar-refractivity contribution in [2.75, 3.05) is 0 Å². The molecule has 5 heteroatoms. The molecule has 12 rings (SSSR count). The molecule has 4 heterocycles. The minimum atomic E-state index is 0.785. The molecule has 0 aliphatic rings. The Balaban J connectivity index is 1.33. The van der Waals surface area contributed by atoms with Crippen LogP contribution < -0.4 is 0 Å². The zero-order valence-corrected chi connectivity index (χ0v) is 31.3. The summed E-state index contributed by atoms with van der Waals surface area (Å²) >= 11 is 0. The molecule has 0 aliphatic carbocycles. The van der Waals surface area contributed by atoms with Gasteiger partial charge >= 0.3 is 0 Å². The van der Waals surface area contributed by atoms with Crippen molar-refractivity contribution in [2.24, 2.45) is 0 Å². The van der Waals surface area contributed by atoms with Gasteiger partial charge in [0.15, 0.2) is 5.82 Å². The SMILES string of the molecule is c1ccc(-c2ccc3c4ccc5c(c6ccccc6n6c(-c7ccccc7)nc(-c7ccccc7)c56)c4n(-c4nc5ccccc5nc4-c4ccccc4)c3c2)cc1. The highest BCUT2D eigenvalue weighted by Crippen LogP contribution is 2.45. The van der Waals surface area contributed by atoms with E-state index in [0.29, 0.717) is 0 Å². The molecule has 0 N–H and O–H groups in total. The Labute approximate surface area is 333 Å². The van der Waals surface area contributed by atoms with E-state index in [1.54, 1.807) is 0 Å². The highest BCUT2D eigenvalue weighted by Gasteiger charge is 2.26. The molecule has 270 valence electrons. The fourth-order valence-electron chi connectivity index (χ4n) is 8.90. The highest BCUT2D eigenvalue weighted by molar-refractivity contribution is 6.29. The highest BCUT2D eigenvalue weighted by atomic mass is 15.1. The molecule has 0 saturated carbocycles. The number of imidazole rings is 1. The summed E-state index contributed by atoms with van der Waals surface area (Å²) in [6.07, 6.45) is 0. The Hall–Kier alpha value is -7.89. The van der Waals surface area contributed by atoms with Crippen molar-refractivity contribution in [1.82, 2.24) is 23.9 Å². The molecular weight excluding hydrogens is 707 g/mol. The van der Waals surface area contributed by atoms with Gasteiger partial charge in [0.2, 0.25) is 0 Å². The van der Waals surface area contributed by atoms with Gasteiger partial charge in [-0.3, -0.25) is 8.97 Å². The number of para-hydroxylation sites is 3. The zero-order chi connectivity index (χ0) is 38.2. The summed E-state index contributed by atoms with van der Waals surface area (Å²) in [5.41, 5.74) is 13.2. The standard InChI is InChI=1S/C53H33N5/c1-5-17-34(18-6-1)38-29-30-39-40-31-32-42-47(50(40)58(46(39)33-38)53-49(36-21-9-3-10-22-36)54-43-26-14-15-27-44(43)55-53)41-25-13-16-28-45(41)57-51(42)48(35-19-7-2-8-20-35)56-52(57)37-23-11-4-12-24-37/h1-33H. The summed E-state index contributed by atoms with van der Waals surface area (Å²) in [6, 6.07) is 70.6. The van der Waals surface area contributed by atoms with Gasteiger partial charge in [0.05, 0.1) is 38.8 Å². The number of benzene rings is 8. The van der Waals surface area contributed by atoms with Gasteiger partial charge < -0.3 is 0 Å². The normalized spacial score (nSPS) is 11.8. The van der Waals surface area contributed by atoms with E-state index in [2.05, 4.69) is 191 Å². The Morgan fingerprint density at radius 3 is 1.59 bits per heavy atom. The van der Waals surface area contributed by atoms with Crippen LogP contribution in [0.4, 0.5) is 0 Å². The maximum atomic E-state index is 5.54. The molecule has 0 atom stereocenters. The van der Waals surface area contributed by atoms with Crippen molar-refractivity contribution < 1.29 is 0 Å². The molecule has 5 nitrogen and oxygen atoms in total. The molecule has 0 bridgehead atoms. The van der Waals surface area contributed by atoms with Crippen LogP contribution in [0.1, 0.15) is 0 Å². The molecular formula is C53H33N5. The van der Waals surface area contributed by atoms with E-state index < -0.39 is 0 Å². The van der Waals surface area contributed by atoms with Crippen LogP contribution in [0.15, 0.2) is 200 Å². The molecule has 0 unspecified atom stereocenters. The van der Waals surface area contributed by atoms with Gasteiger partial charge in [0, 0.05) is 43.6 Å². The van der Waals surface area contributed by atoms with Crippen molar-refractivity contribution in [2.45, 2.75) is 0 Å². The lowest BCUT2D eigenvalue weighted by molar-refractivity contribution is 1.08. The van der Waals surface area contributed by atoms with Crippen LogP contribution in [0.25, 0.3) is 111 Å². The fourth-order valence-corrected chi connectivity index (χ4v) is 8.90. The maximum Gasteiger partial charge on any atom is 0.165 e. The van der Waals surface area contributed by atoms with Gasteiger partial charge in [-0.2, -0.15) is 0 Å². The van der Waals surface area contributed by atoms with Crippen LogP contribution in [0, 0.1) is 0 Å². The molecule has 0 aliphatic heterocycles. The third kappa shape index (κ3) is 4.87. The van der Waals surface area contributed by atoms with Crippen LogP contribution in [0.3, 0.4) is 0 Å². The van der Waals surface area contributed by atoms with Crippen LogP contribution >= 0.6 is 0 Å². The largest absolute Gasteiger partial charge is 0.291 e. The average Bonchev–Trinajstić information content (AvgIpc) is 3.87. The van der Waals surface area contributed by atoms with Crippen molar-refractivity contribution in [3.05, 3.63) is 200 Å². The second-order valence-electron chi connectivity index (χ2n) is 14.8. The van der Waals surface area contributed by atoms with E-state index in [4.69, 9.17) is 15.0 Å². The van der Waals surface area contributed by atoms with Crippen molar-refractivity contribution in [3.8, 4) is 50.8 Å². The first-order valence-electron chi connectivity index (χ1n) is 19.6. The predicted octanol–water partition coefficient (Wildman–Crippen LogP) is 13.3. The first kappa shape index (κ1) is 32.4. The Morgan fingerprint density at radius 2 is 0.879 bits per heavy atom. The molecule has 0 radical (unpaired) electrons. The van der Waals surface area contributed by atoms with Gasteiger partial charge in [-0.25, -0.2) is 15.0 Å². The Morgan fingerprint density at radius 1 is 0.328 bits per heavy atom. The summed E-state index contributed by atoms with van der Waals surface area (Å²) in [4.78, 5) is 16.4. The lowest BCUT2D eigenvalue weighted by Gasteiger charge is -2.17. The molecule has 58 heavy (non-hydrogen) atoms. The van der Waals surface area contributed by atoms with E-state index in [1.807, 2.05) is 18.2 Å². The monoisotopic (exact) mass is 739 g/mol. The first-order chi connectivity index (χ1) is 28.8. The molecule has 12 aromatic rings.